The zero-order valence-corrected chi connectivity index (χ0v) is 16.4. The van der Waals surface area contributed by atoms with Crippen LogP contribution in [0.1, 0.15) is 40.9 Å². The van der Waals surface area contributed by atoms with E-state index in [-0.39, 0.29) is 11.9 Å². The molecule has 0 spiro atoms. The van der Waals surface area contributed by atoms with E-state index < -0.39 is 0 Å². The Kier molecular flexibility index (Phi) is 6.32. The molecule has 1 amide bonds. The number of carbonyl (C=O) groups is 1. The molecule has 1 N–H and O–H groups in total. The van der Waals surface area contributed by atoms with Crippen LogP contribution in [0.25, 0.3) is 0 Å². The predicted octanol–water partition coefficient (Wildman–Crippen LogP) is 3.83. The average molecular weight is 379 g/mol. The fraction of sp³-hybridized carbons (Fsp3) is 0.273. The van der Waals surface area contributed by atoms with Crippen molar-refractivity contribution in [1.29, 1.82) is 0 Å². The third-order valence-electron chi connectivity index (χ3n) is 4.66. The van der Waals surface area contributed by atoms with Crippen LogP contribution >= 0.6 is 0 Å². The fourth-order valence-corrected chi connectivity index (χ4v) is 3.08. The lowest BCUT2D eigenvalue weighted by atomic mass is 10.0. The minimum atomic E-state index is -0.113. The molecule has 0 bridgehead atoms. The monoisotopic (exact) mass is 379 g/mol. The molecule has 0 aliphatic rings. The minimum Gasteiger partial charge on any atom is -0.493 e. The molecule has 0 radical (unpaired) electrons. The molecule has 0 unspecified atom stereocenters. The number of amides is 1. The van der Waals surface area contributed by atoms with E-state index >= 15 is 0 Å². The number of rotatable bonds is 8. The fourth-order valence-electron chi connectivity index (χ4n) is 3.08. The van der Waals surface area contributed by atoms with Gasteiger partial charge in [-0.05, 0) is 41.8 Å². The highest BCUT2D eigenvalue weighted by molar-refractivity contribution is 5.94. The summed E-state index contributed by atoms with van der Waals surface area (Å²) >= 11 is 0. The highest BCUT2D eigenvalue weighted by Crippen LogP contribution is 2.31. The maximum atomic E-state index is 12.7. The average Bonchev–Trinajstić information content (AvgIpc) is 3.24. The Morgan fingerprint density at radius 2 is 1.86 bits per heavy atom. The first-order chi connectivity index (χ1) is 13.6. The van der Waals surface area contributed by atoms with Gasteiger partial charge in [-0.2, -0.15) is 0 Å². The van der Waals surface area contributed by atoms with Crippen LogP contribution in [0, 0.1) is 0 Å². The second-order valence-corrected chi connectivity index (χ2v) is 6.48. The first-order valence-corrected chi connectivity index (χ1v) is 9.22. The van der Waals surface area contributed by atoms with Gasteiger partial charge in [-0.1, -0.05) is 25.1 Å². The van der Waals surface area contributed by atoms with Crippen molar-refractivity contribution >= 4 is 5.91 Å². The zero-order chi connectivity index (χ0) is 19.9. The van der Waals surface area contributed by atoms with E-state index in [1.165, 1.54) is 0 Å². The number of nitrogens with one attached hydrogen (secondary N) is 1. The second kappa shape index (κ2) is 9.08. The minimum absolute atomic E-state index is 0.101. The van der Waals surface area contributed by atoms with Crippen molar-refractivity contribution in [3.8, 4) is 11.5 Å². The molecule has 3 aromatic rings. The number of benzene rings is 2. The first kappa shape index (κ1) is 19.5. The van der Waals surface area contributed by atoms with Gasteiger partial charge < -0.3 is 19.4 Å². The Labute approximate surface area is 165 Å². The van der Waals surface area contributed by atoms with Gasteiger partial charge in [0, 0.05) is 24.5 Å². The van der Waals surface area contributed by atoms with E-state index in [4.69, 9.17) is 9.47 Å². The van der Waals surface area contributed by atoms with Crippen molar-refractivity contribution in [2.45, 2.75) is 25.9 Å². The molecule has 0 fully saturated rings. The van der Waals surface area contributed by atoms with Crippen LogP contribution in [0.5, 0.6) is 11.5 Å². The molecule has 3 rings (SSSR count). The van der Waals surface area contributed by atoms with Crippen molar-refractivity contribution in [2.75, 3.05) is 14.2 Å². The van der Waals surface area contributed by atoms with E-state index in [1.807, 2.05) is 60.2 Å². The zero-order valence-electron chi connectivity index (χ0n) is 16.4. The maximum absolute atomic E-state index is 12.7. The SMILES string of the molecule is CC[C@@H](NC(=O)c1ccc(Cn2ccnc2)cc1)c1ccc(OC)c(OC)c1. The molecule has 0 aliphatic carbocycles. The molecular formula is C22H25N3O3. The number of carbonyl (C=O) groups excluding carboxylic acids is 1. The second-order valence-electron chi connectivity index (χ2n) is 6.48. The number of methoxy groups -OCH3 is 2. The van der Waals surface area contributed by atoms with Crippen molar-refractivity contribution in [1.82, 2.24) is 14.9 Å². The normalized spacial score (nSPS) is 11.7. The molecule has 0 saturated heterocycles. The first-order valence-electron chi connectivity index (χ1n) is 9.22. The molecule has 1 aromatic heterocycles. The van der Waals surface area contributed by atoms with E-state index in [0.717, 1.165) is 24.1 Å². The Morgan fingerprint density at radius 1 is 1.11 bits per heavy atom. The van der Waals surface area contributed by atoms with E-state index in [1.54, 1.807) is 26.7 Å². The maximum Gasteiger partial charge on any atom is 0.251 e. The van der Waals surface area contributed by atoms with Gasteiger partial charge in [0.05, 0.1) is 26.6 Å². The topological polar surface area (TPSA) is 65.4 Å². The lowest BCUT2D eigenvalue weighted by Crippen LogP contribution is -2.28. The molecule has 2 aromatic carbocycles. The number of ether oxygens (including phenoxy) is 2. The van der Waals surface area contributed by atoms with Gasteiger partial charge in [0.25, 0.3) is 5.91 Å². The Balaban J connectivity index is 1.70. The highest BCUT2D eigenvalue weighted by atomic mass is 16.5. The summed E-state index contributed by atoms with van der Waals surface area (Å²) in [4.78, 5) is 16.8. The van der Waals surface area contributed by atoms with Crippen molar-refractivity contribution in [2.24, 2.45) is 0 Å². The van der Waals surface area contributed by atoms with E-state index in [9.17, 15) is 4.79 Å². The van der Waals surface area contributed by atoms with Crippen LogP contribution in [0.15, 0.2) is 61.2 Å². The summed E-state index contributed by atoms with van der Waals surface area (Å²) in [6, 6.07) is 13.2. The quantitative estimate of drug-likeness (QED) is 0.646. The molecule has 0 aliphatic heterocycles. The van der Waals surface area contributed by atoms with E-state index in [0.29, 0.717) is 17.1 Å². The Bertz CT molecular complexity index is 905. The van der Waals surface area contributed by atoms with Crippen LogP contribution in [-0.4, -0.2) is 29.7 Å². The third-order valence-corrected chi connectivity index (χ3v) is 4.66. The molecule has 6 nitrogen and oxygen atoms in total. The number of imidazole rings is 1. The molecule has 0 saturated carbocycles. The number of nitrogens with zero attached hydrogens (tertiary/aromatic N) is 2. The number of aromatic nitrogens is 2. The lowest BCUT2D eigenvalue weighted by molar-refractivity contribution is 0.0935. The lowest BCUT2D eigenvalue weighted by Gasteiger charge is -2.19. The highest BCUT2D eigenvalue weighted by Gasteiger charge is 2.16. The van der Waals surface area contributed by atoms with Crippen LogP contribution in [0.4, 0.5) is 0 Å². The van der Waals surface area contributed by atoms with Gasteiger partial charge in [-0.15, -0.1) is 0 Å². The van der Waals surface area contributed by atoms with Gasteiger partial charge in [-0.3, -0.25) is 4.79 Å². The standard InChI is InChI=1S/C22H25N3O3/c1-4-19(18-9-10-20(27-2)21(13-18)28-3)24-22(26)17-7-5-16(6-8-17)14-25-12-11-23-15-25/h5-13,15,19H,4,14H2,1-3H3,(H,24,26)/t19-/m1/s1. The molecule has 1 atom stereocenters. The third kappa shape index (κ3) is 4.52. The van der Waals surface area contributed by atoms with Gasteiger partial charge in [0.15, 0.2) is 11.5 Å². The Morgan fingerprint density at radius 3 is 2.46 bits per heavy atom. The van der Waals surface area contributed by atoms with Crippen LogP contribution in [0.3, 0.4) is 0 Å². The predicted molar refractivity (Wildman–Crippen MR) is 108 cm³/mol. The molecule has 28 heavy (non-hydrogen) atoms. The summed E-state index contributed by atoms with van der Waals surface area (Å²) in [5.74, 6) is 1.22. The summed E-state index contributed by atoms with van der Waals surface area (Å²) in [5.41, 5.74) is 2.72. The van der Waals surface area contributed by atoms with Gasteiger partial charge in [-0.25, -0.2) is 4.98 Å². The summed E-state index contributed by atoms with van der Waals surface area (Å²) in [6.07, 6.45) is 6.20. The number of hydrogen-bond donors (Lipinski definition) is 1. The number of hydrogen-bond acceptors (Lipinski definition) is 4. The molecule has 6 heteroatoms. The van der Waals surface area contributed by atoms with Crippen molar-refractivity contribution < 1.29 is 14.3 Å². The van der Waals surface area contributed by atoms with Crippen molar-refractivity contribution in [3.05, 3.63) is 77.9 Å². The van der Waals surface area contributed by atoms with Crippen LogP contribution in [-0.2, 0) is 6.54 Å². The van der Waals surface area contributed by atoms with Crippen LogP contribution in [0.2, 0.25) is 0 Å². The van der Waals surface area contributed by atoms with Crippen molar-refractivity contribution in [3.63, 3.8) is 0 Å². The van der Waals surface area contributed by atoms with Gasteiger partial charge in [0.2, 0.25) is 0 Å². The summed E-state index contributed by atoms with van der Waals surface area (Å²) in [6.45, 7) is 2.76. The smallest absolute Gasteiger partial charge is 0.251 e. The summed E-state index contributed by atoms with van der Waals surface area (Å²) in [7, 11) is 3.21. The van der Waals surface area contributed by atoms with E-state index in [2.05, 4.69) is 10.3 Å². The van der Waals surface area contributed by atoms with Gasteiger partial charge in [0.1, 0.15) is 0 Å². The summed E-state index contributed by atoms with van der Waals surface area (Å²) in [5, 5.41) is 3.10. The van der Waals surface area contributed by atoms with Gasteiger partial charge >= 0.3 is 0 Å². The molecular weight excluding hydrogens is 354 g/mol. The Hall–Kier alpha value is -3.28. The molecule has 146 valence electrons. The van der Waals surface area contributed by atoms with Crippen LogP contribution < -0.4 is 14.8 Å². The molecule has 1 heterocycles. The summed E-state index contributed by atoms with van der Waals surface area (Å²) < 4.78 is 12.6. The largest absolute Gasteiger partial charge is 0.493 e.